The molecule has 3 rings (SSSR count). The number of rotatable bonds is 5. The fourth-order valence-corrected chi connectivity index (χ4v) is 2.36. The fourth-order valence-electron chi connectivity index (χ4n) is 2.09. The summed E-state index contributed by atoms with van der Waals surface area (Å²) in [5, 5.41) is 6.30. The van der Waals surface area contributed by atoms with Gasteiger partial charge in [0.25, 0.3) is 0 Å². The summed E-state index contributed by atoms with van der Waals surface area (Å²) in [5.41, 5.74) is 8.35. The van der Waals surface area contributed by atoms with E-state index in [-0.39, 0.29) is 5.82 Å². The number of benzene rings is 2. The van der Waals surface area contributed by atoms with Gasteiger partial charge in [-0.3, -0.25) is 0 Å². The molecule has 5 nitrogen and oxygen atoms in total. The number of nitrogens with zero attached hydrogens (tertiary/aromatic N) is 2. The van der Waals surface area contributed by atoms with E-state index in [4.69, 9.17) is 5.73 Å². The summed E-state index contributed by atoms with van der Waals surface area (Å²) in [6.45, 7) is 0.485. The summed E-state index contributed by atoms with van der Waals surface area (Å²) in [7, 11) is 0. The Morgan fingerprint density at radius 1 is 0.958 bits per heavy atom. The van der Waals surface area contributed by atoms with Crippen molar-refractivity contribution in [2.24, 2.45) is 0 Å². The van der Waals surface area contributed by atoms with Gasteiger partial charge in [0.15, 0.2) is 11.6 Å². The van der Waals surface area contributed by atoms with Gasteiger partial charge >= 0.3 is 0 Å². The molecule has 24 heavy (non-hydrogen) atoms. The van der Waals surface area contributed by atoms with Crippen molar-refractivity contribution < 1.29 is 4.39 Å². The second-order valence-corrected chi connectivity index (χ2v) is 6.01. The van der Waals surface area contributed by atoms with Crippen LogP contribution in [0.2, 0.25) is 0 Å². The maximum atomic E-state index is 12.9. The average Bonchev–Trinajstić information content (AvgIpc) is 2.59. The largest absolute Gasteiger partial charge is 0.393 e. The fraction of sp³-hybridized carbons (Fsp3) is 0.0588. The van der Waals surface area contributed by atoms with Gasteiger partial charge in [-0.25, -0.2) is 14.4 Å². The van der Waals surface area contributed by atoms with Crippen molar-refractivity contribution in [1.29, 1.82) is 0 Å². The number of hydrogen-bond acceptors (Lipinski definition) is 5. The molecule has 0 aliphatic carbocycles. The predicted octanol–water partition coefficient (Wildman–Crippen LogP) is 4.32. The first-order chi connectivity index (χ1) is 11.6. The molecule has 0 saturated carbocycles. The van der Waals surface area contributed by atoms with Gasteiger partial charge in [-0.1, -0.05) is 28.1 Å². The van der Waals surface area contributed by atoms with Gasteiger partial charge in [-0.15, -0.1) is 0 Å². The van der Waals surface area contributed by atoms with Crippen molar-refractivity contribution in [1.82, 2.24) is 9.97 Å². The summed E-state index contributed by atoms with van der Waals surface area (Å²) in [4.78, 5) is 8.33. The Kier molecular flexibility index (Phi) is 4.90. The minimum Gasteiger partial charge on any atom is -0.393 e. The molecule has 122 valence electrons. The molecule has 1 aromatic heterocycles. The minimum atomic E-state index is -0.263. The van der Waals surface area contributed by atoms with Gasteiger partial charge in [0.05, 0.1) is 0 Å². The molecule has 0 unspecified atom stereocenters. The van der Waals surface area contributed by atoms with Gasteiger partial charge in [0.1, 0.15) is 17.8 Å². The molecule has 0 fully saturated rings. The third kappa shape index (κ3) is 3.99. The zero-order chi connectivity index (χ0) is 16.9. The van der Waals surface area contributed by atoms with Crippen LogP contribution in [0.1, 0.15) is 5.56 Å². The van der Waals surface area contributed by atoms with Crippen molar-refractivity contribution >= 4 is 38.9 Å². The number of anilines is 4. The Labute approximate surface area is 147 Å². The second kappa shape index (κ2) is 7.27. The van der Waals surface area contributed by atoms with E-state index in [1.807, 2.05) is 24.3 Å². The van der Waals surface area contributed by atoms with E-state index >= 15 is 0 Å². The standard InChI is InChI=1S/C17H15BrFN5/c18-12-3-7-14(8-4-12)24-17-15(20)16(22-10-23-17)21-9-11-1-5-13(19)6-2-11/h1-8,10H,9,20H2,(H2,21,22,23,24). The zero-order valence-corrected chi connectivity index (χ0v) is 14.2. The van der Waals surface area contributed by atoms with Gasteiger partial charge < -0.3 is 16.4 Å². The van der Waals surface area contributed by atoms with E-state index in [0.29, 0.717) is 23.9 Å². The van der Waals surface area contributed by atoms with E-state index in [2.05, 4.69) is 36.5 Å². The smallest absolute Gasteiger partial charge is 0.159 e. The van der Waals surface area contributed by atoms with Gasteiger partial charge in [0, 0.05) is 16.7 Å². The molecule has 0 aliphatic heterocycles. The molecule has 1 heterocycles. The molecular weight excluding hydrogens is 373 g/mol. The molecule has 0 atom stereocenters. The summed E-state index contributed by atoms with van der Waals surface area (Å²) in [6.07, 6.45) is 1.44. The lowest BCUT2D eigenvalue weighted by atomic mass is 10.2. The molecule has 0 aliphatic rings. The Hall–Kier alpha value is -2.67. The van der Waals surface area contributed by atoms with Gasteiger partial charge in [-0.05, 0) is 42.0 Å². The van der Waals surface area contributed by atoms with E-state index in [0.717, 1.165) is 15.7 Å². The average molecular weight is 388 g/mol. The molecule has 0 bridgehead atoms. The van der Waals surface area contributed by atoms with Crippen molar-refractivity contribution in [2.45, 2.75) is 6.54 Å². The van der Waals surface area contributed by atoms with Crippen LogP contribution in [0, 0.1) is 5.82 Å². The number of nitrogen functional groups attached to an aromatic ring is 1. The SMILES string of the molecule is Nc1c(NCc2ccc(F)cc2)ncnc1Nc1ccc(Br)cc1. The van der Waals surface area contributed by atoms with Crippen molar-refractivity contribution in [2.75, 3.05) is 16.4 Å². The zero-order valence-electron chi connectivity index (χ0n) is 12.6. The number of nitrogens with two attached hydrogens (primary N) is 1. The van der Waals surface area contributed by atoms with E-state index in [1.165, 1.54) is 18.5 Å². The Bertz CT molecular complexity index is 821. The lowest BCUT2D eigenvalue weighted by Gasteiger charge is -2.12. The van der Waals surface area contributed by atoms with Crippen LogP contribution in [0.4, 0.5) is 27.4 Å². The molecule has 3 aromatic rings. The van der Waals surface area contributed by atoms with Crippen molar-refractivity contribution in [3.63, 3.8) is 0 Å². The molecular formula is C17H15BrFN5. The lowest BCUT2D eigenvalue weighted by Crippen LogP contribution is -2.08. The third-order valence-corrected chi connectivity index (χ3v) is 3.89. The van der Waals surface area contributed by atoms with Crippen LogP contribution >= 0.6 is 15.9 Å². The first-order valence-corrected chi connectivity index (χ1v) is 8.02. The summed E-state index contributed by atoms with van der Waals surface area (Å²) < 4.78 is 13.9. The molecule has 0 radical (unpaired) electrons. The van der Waals surface area contributed by atoms with Gasteiger partial charge in [0.2, 0.25) is 0 Å². The summed E-state index contributed by atoms with van der Waals surface area (Å²) >= 11 is 3.39. The monoisotopic (exact) mass is 387 g/mol. The number of nitrogens with one attached hydrogen (secondary N) is 2. The van der Waals surface area contributed by atoms with Crippen LogP contribution in [-0.2, 0) is 6.54 Å². The predicted molar refractivity (Wildman–Crippen MR) is 97.6 cm³/mol. The normalized spacial score (nSPS) is 10.4. The van der Waals surface area contributed by atoms with Crippen molar-refractivity contribution in [3.8, 4) is 0 Å². The number of hydrogen-bond donors (Lipinski definition) is 3. The topological polar surface area (TPSA) is 75.9 Å². The Balaban J connectivity index is 1.72. The Morgan fingerprint density at radius 3 is 2.33 bits per heavy atom. The van der Waals surface area contributed by atoms with Crippen LogP contribution in [-0.4, -0.2) is 9.97 Å². The highest BCUT2D eigenvalue weighted by Gasteiger charge is 2.08. The lowest BCUT2D eigenvalue weighted by molar-refractivity contribution is 0.627. The molecule has 0 amide bonds. The first-order valence-electron chi connectivity index (χ1n) is 7.23. The number of aromatic nitrogens is 2. The quantitative estimate of drug-likeness (QED) is 0.607. The second-order valence-electron chi connectivity index (χ2n) is 5.10. The molecule has 7 heteroatoms. The van der Waals surface area contributed by atoms with E-state index in [1.54, 1.807) is 12.1 Å². The maximum Gasteiger partial charge on any atom is 0.159 e. The molecule has 4 N–H and O–H groups in total. The number of halogens is 2. The summed E-state index contributed by atoms with van der Waals surface area (Å²) in [5.74, 6) is 0.782. The third-order valence-electron chi connectivity index (χ3n) is 3.36. The van der Waals surface area contributed by atoms with E-state index < -0.39 is 0 Å². The molecule has 0 spiro atoms. The highest BCUT2D eigenvalue weighted by molar-refractivity contribution is 9.10. The molecule has 0 saturated heterocycles. The van der Waals surface area contributed by atoms with E-state index in [9.17, 15) is 4.39 Å². The van der Waals surface area contributed by atoms with Crippen LogP contribution in [0.5, 0.6) is 0 Å². The van der Waals surface area contributed by atoms with Crippen LogP contribution < -0.4 is 16.4 Å². The van der Waals surface area contributed by atoms with Crippen LogP contribution in [0.25, 0.3) is 0 Å². The summed E-state index contributed by atoms with van der Waals surface area (Å²) in [6, 6.07) is 13.9. The van der Waals surface area contributed by atoms with Crippen LogP contribution in [0.15, 0.2) is 59.3 Å². The first kappa shape index (κ1) is 16.2. The van der Waals surface area contributed by atoms with Crippen molar-refractivity contribution in [3.05, 3.63) is 70.7 Å². The Morgan fingerprint density at radius 2 is 1.62 bits per heavy atom. The highest BCUT2D eigenvalue weighted by Crippen LogP contribution is 2.26. The van der Waals surface area contributed by atoms with Gasteiger partial charge in [-0.2, -0.15) is 0 Å². The molecule has 2 aromatic carbocycles. The highest BCUT2D eigenvalue weighted by atomic mass is 79.9. The minimum absolute atomic E-state index is 0.263. The maximum absolute atomic E-state index is 12.9. The van der Waals surface area contributed by atoms with Crippen LogP contribution in [0.3, 0.4) is 0 Å².